The van der Waals surface area contributed by atoms with Crippen molar-refractivity contribution in [3.05, 3.63) is 17.1 Å². The molecule has 1 atom stereocenters. The Labute approximate surface area is 181 Å². The summed E-state index contributed by atoms with van der Waals surface area (Å²) in [5.74, 6) is 2.90. The van der Waals surface area contributed by atoms with Crippen LogP contribution in [0.5, 0.6) is 0 Å². The third-order valence-corrected chi connectivity index (χ3v) is 8.05. The van der Waals surface area contributed by atoms with Gasteiger partial charge >= 0.3 is 0 Å². The Morgan fingerprint density at radius 1 is 0.900 bits per heavy atom. The largest absolute Gasteiger partial charge is 0.359 e. The molecule has 1 aromatic heterocycles. The quantitative estimate of drug-likeness (QED) is 0.764. The average Bonchev–Trinajstić information content (AvgIpc) is 2.74. The summed E-state index contributed by atoms with van der Waals surface area (Å²) >= 11 is 0. The monoisotopic (exact) mass is 411 g/mol. The van der Waals surface area contributed by atoms with Crippen molar-refractivity contribution in [3.8, 4) is 0 Å². The van der Waals surface area contributed by atoms with Gasteiger partial charge in [-0.1, -0.05) is 19.3 Å². The lowest BCUT2D eigenvalue weighted by atomic mass is 9.88. The van der Waals surface area contributed by atoms with Crippen molar-refractivity contribution < 1.29 is 4.79 Å². The predicted molar refractivity (Wildman–Crippen MR) is 119 cm³/mol. The molecule has 1 saturated carbocycles. The minimum absolute atomic E-state index is 0.153. The molecule has 3 aliphatic heterocycles. The molecule has 0 spiro atoms. The maximum atomic E-state index is 13.2. The first-order valence-electron chi connectivity index (χ1n) is 12.2. The van der Waals surface area contributed by atoms with E-state index in [0.29, 0.717) is 17.9 Å². The van der Waals surface area contributed by atoms with Crippen molar-refractivity contribution in [1.82, 2.24) is 19.8 Å². The van der Waals surface area contributed by atoms with E-state index in [9.17, 15) is 4.79 Å². The SMILES string of the molecule is Cc1nc(C2CCN(C(=O)C3CCN3C3CCCCC3)CC2)nc2c1CCCN2C. The lowest BCUT2D eigenvalue weighted by molar-refractivity contribution is -0.145. The fourth-order valence-corrected chi connectivity index (χ4v) is 6.08. The number of piperidine rings is 1. The first kappa shape index (κ1) is 20.2. The first-order chi connectivity index (χ1) is 14.6. The molecule has 1 aromatic rings. The van der Waals surface area contributed by atoms with Gasteiger partial charge in [-0.3, -0.25) is 9.69 Å². The van der Waals surface area contributed by atoms with E-state index in [1.807, 2.05) is 0 Å². The van der Waals surface area contributed by atoms with E-state index in [1.165, 1.54) is 44.1 Å². The van der Waals surface area contributed by atoms with Gasteiger partial charge in [-0.05, 0) is 51.9 Å². The Balaban J connectivity index is 1.21. The van der Waals surface area contributed by atoms with Crippen LogP contribution in [0.2, 0.25) is 0 Å². The number of aromatic nitrogens is 2. The number of anilines is 1. The Bertz CT molecular complexity index is 782. The molecule has 30 heavy (non-hydrogen) atoms. The lowest BCUT2D eigenvalue weighted by Crippen LogP contribution is -2.61. The number of likely N-dealkylation sites (tertiary alicyclic amines) is 2. The third-order valence-electron chi connectivity index (χ3n) is 8.05. The molecule has 2 saturated heterocycles. The summed E-state index contributed by atoms with van der Waals surface area (Å²) < 4.78 is 0. The van der Waals surface area contributed by atoms with E-state index in [2.05, 4.69) is 28.7 Å². The zero-order valence-electron chi connectivity index (χ0n) is 18.8. The minimum Gasteiger partial charge on any atom is -0.359 e. The fourth-order valence-electron chi connectivity index (χ4n) is 6.08. The third kappa shape index (κ3) is 3.72. The molecule has 1 aliphatic carbocycles. The van der Waals surface area contributed by atoms with Crippen LogP contribution in [-0.4, -0.2) is 71.0 Å². The molecule has 4 heterocycles. The molecule has 6 heteroatoms. The standard InChI is InChI=1S/C24H37N5O/c1-17-20-9-6-13-27(2)23(20)26-22(25-17)18-10-14-28(15-11-18)24(30)21-12-16-29(21)19-7-4-3-5-8-19/h18-19,21H,3-16H2,1-2H3. The van der Waals surface area contributed by atoms with Gasteiger partial charge in [0.05, 0.1) is 6.04 Å². The zero-order chi connectivity index (χ0) is 20.7. The lowest BCUT2D eigenvalue weighted by Gasteiger charge is -2.48. The van der Waals surface area contributed by atoms with Crippen LogP contribution in [0.4, 0.5) is 5.82 Å². The summed E-state index contributed by atoms with van der Waals surface area (Å²) in [5, 5.41) is 0. The topological polar surface area (TPSA) is 52.6 Å². The van der Waals surface area contributed by atoms with E-state index >= 15 is 0 Å². The molecule has 1 amide bonds. The summed E-state index contributed by atoms with van der Waals surface area (Å²) in [4.78, 5) is 30.0. The van der Waals surface area contributed by atoms with Crippen molar-refractivity contribution in [3.63, 3.8) is 0 Å². The summed E-state index contributed by atoms with van der Waals surface area (Å²) in [6.45, 7) is 6.04. The van der Waals surface area contributed by atoms with Crippen molar-refractivity contribution in [1.29, 1.82) is 0 Å². The number of carbonyl (C=O) groups excluding carboxylic acids is 1. The first-order valence-corrected chi connectivity index (χ1v) is 12.2. The number of nitrogens with zero attached hydrogens (tertiary/aromatic N) is 5. The van der Waals surface area contributed by atoms with Gasteiger partial charge in [0.25, 0.3) is 0 Å². The summed E-state index contributed by atoms with van der Waals surface area (Å²) in [6.07, 6.45) is 11.9. The predicted octanol–water partition coefficient (Wildman–Crippen LogP) is 3.28. The van der Waals surface area contributed by atoms with Crippen molar-refractivity contribution in [2.24, 2.45) is 0 Å². The van der Waals surface area contributed by atoms with Crippen LogP contribution in [0.1, 0.15) is 80.8 Å². The highest BCUT2D eigenvalue weighted by atomic mass is 16.2. The van der Waals surface area contributed by atoms with Crippen LogP contribution in [0.25, 0.3) is 0 Å². The smallest absolute Gasteiger partial charge is 0.239 e. The van der Waals surface area contributed by atoms with Crippen LogP contribution >= 0.6 is 0 Å². The number of rotatable bonds is 3. The van der Waals surface area contributed by atoms with Crippen molar-refractivity contribution in [2.75, 3.05) is 38.1 Å². The Morgan fingerprint density at radius 3 is 2.37 bits per heavy atom. The molecule has 5 rings (SSSR count). The normalized spacial score (nSPS) is 26.4. The molecule has 0 radical (unpaired) electrons. The molecule has 0 aromatic carbocycles. The number of amides is 1. The maximum Gasteiger partial charge on any atom is 0.239 e. The zero-order valence-corrected chi connectivity index (χ0v) is 18.8. The Morgan fingerprint density at radius 2 is 1.67 bits per heavy atom. The second-order valence-electron chi connectivity index (χ2n) is 9.93. The molecule has 3 fully saturated rings. The van der Waals surface area contributed by atoms with Gasteiger partial charge in [0.15, 0.2) is 0 Å². The fraction of sp³-hybridized carbons (Fsp3) is 0.792. The average molecular weight is 412 g/mol. The van der Waals surface area contributed by atoms with Crippen LogP contribution < -0.4 is 4.90 Å². The number of hydrogen-bond acceptors (Lipinski definition) is 5. The highest BCUT2D eigenvalue weighted by Gasteiger charge is 2.41. The van der Waals surface area contributed by atoms with Gasteiger partial charge in [-0.25, -0.2) is 9.97 Å². The second kappa shape index (κ2) is 8.45. The van der Waals surface area contributed by atoms with Crippen LogP contribution in [0, 0.1) is 6.92 Å². The Hall–Kier alpha value is -1.69. The van der Waals surface area contributed by atoms with Crippen molar-refractivity contribution >= 4 is 11.7 Å². The molecular weight excluding hydrogens is 374 g/mol. The number of fused-ring (bicyclic) bond motifs is 1. The van der Waals surface area contributed by atoms with Crippen molar-refractivity contribution in [2.45, 2.75) is 89.1 Å². The minimum atomic E-state index is 0.153. The maximum absolute atomic E-state index is 13.2. The Kier molecular flexibility index (Phi) is 5.69. The van der Waals surface area contributed by atoms with Gasteiger partial charge in [-0.15, -0.1) is 0 Å². The van der Waals surface area contributed by atoms with Crippen LogP contribution in [0.15, 0.2) is 0 Å². The number of hydrogen-bond donors (Lipinski definition) is 0. The van der Waals surface area contributed by atoms with E-state index in [0.717, 1.165) is 69.2 Å². The highest BCUT2D eigenvalue weighted by molar-refractivity contribution is 5.83. The van der Waals surface area contributed by atoms with E-state index < -0.39 is 0 Å². The summed E-state index contributed by atoms with van der Waals surface area (Å²) in [5.41, 5.74) is 2.48. The molecule has 1 unspecified atom stereocenters. The van der Waals surface area contributed by atoms with Crippen LogP contribution in [-0.2, 0) is 11.2 Å². The van der Waals surface area contributed by atoms with Gasteiger partial charge in [0.2, 0.25) is 5.91 Å². The summed E-state index contributed by atoms with van der Waals surface area (Å²) in [7, 11) is 2.15. The number of aryl methyl sites for hydroxylation is 1. The van der Waals surface area contributed by atoms with E-state index in [1.54, 1.807) is 0 Å². The number of carbonyl (C=O) groups is 1. The van der Waals surface area contributed by atoms with Gasteiger partial charge in [-0.2, -0.15) is 0 Å². The highest BCUT2D eigenvalue weighted by Crippen LogP contribution is 2.34. The van der Waals surface area contributed by atoms with Crippen LogP contribution in [0.3, 0.4) is 0 Å². The molecule has 6 nitrogen and oxygen atoms in total. The molecule has 0 bridgehead atoms. The molecule has 164 valence electrons. The van der Waals surface area contributed by atoms with Gasteiger partial charge in [0.1, 0.15) is 11.6 Å². The molecule has 0 N–H and O–H groups in total. The molecular formula is C24H37N5O. The van der Waals surface area contributed by atoms with E-state index in [4.69, 9.17) is 9.97 Å². The second-order valence-corrected chi connectivity index (χ2v) is 9.93. The van der Waals surface area contributed by atoms with Gasteiger partial charge in [0, 0.05) is 56.4 Å². The summed E-state index contributed by atoms with van der Waals surface area (Å²) in [6, 6.07) is 0.809. The van der Waals surface area contributed by atoms with E-state index in [-0.39, 0.29) is 6.04 Å². The molecule has 4 aliphatic rings. The van der Waals surface area contributed by atoms with Gasteiger partial charge < -0.3 is 9.80 Å².